The monoisotopic (exact) mass is 967 g/mol. The zero-order chi connectivity index (χ0) is 48.9. The van der Waals surface area contributed by atoms with Crippen LogP contribution < -0.4 is 0 Å². The predicted octanol–water partition coefficient (Wildman–Crippen LogP) is 15.8. The first-order valence-corrected chi connectivity index (χ1v) is 28.8. The van der Waals surface area contributed by atoms with E-state index in [4.69, 9.17) is 23.1 Å². The Morgan fingerprint density at radius 1 is 0.426 bits per heavy atom. The van der Waals surface area contributed by atoms with Crippen LogP contribution in [0.25, 0.3) is 0 Å². The summed E-state index contributed by atoms with van der Waals surface area (Å²) < 4.78 is 53.9. The van der Waals surface area contributed by atoms with Crippen molar-refractivity contribution in [2.24, 2.45) is 0 Å². The maximum Gasteiger partial charge on any atom is 0.297 e. The van der Waals surface area contributed by atoms with E-state index >= 15 is 0 Å². The van der Waals surface area contributed by atoms with Crippen LogP contribution in [0.5, 0.6) is 0 Å². The Hall–Kier alpha value is -2.63. The summed E-state index contributed by atoms with van der Waals surface area (Å²) in [6.45, 7) is 9.48. The van der Waals surface area contributed by atoms with Crippen molar-refractivity contribution in [2.75, 3.05) is 39.6 Å². The third kappa shape index (κ3) is 35.5. The number of rotatable bonds is 45. The summed E-state index contributed by atoms with van der Waals surface area (Å²) in [7, 11) is -3.85. The first-order valence-electron chi connectivity index (χ1n) is 27.4. The summed E-state index contributed by atoms with van der Waals surface area (Å²) >= 11 is 0. The van der Waals surface area contributed by atoms with Crippen LogP contribution in [0.1, 0.15) is 210 Å². The standard InChI is InChI=1S/C33H52O5S.C26H46O3/c1-3-4-5-6-7-8-9-10-11-12-13-14-15-19-26-36-28-32(37-27-31-20-17-16-18-21-31)29-38-39(34,35)33-24-22-30(2)23-25-33;1-2-3-4-5-6-7-8-9-10-11-12-13-14-18-21-28-24-26(22-27)29-23-25-19-16-15-17-20-25/h16-18,20-25,32H,3-15,19,26-29H2,1-2H3;15-17,19-20,26-27H,2-14,18,21-24H2,1H3/t32-;26-/m10/s1. The lowest BCUT2D eigenvalue weighted by Gasteiger charge is -2.18. The van der Waals surface area contributed by atoms with Crippen molar-refractivity contribution in [3.63, 3.8) is 0 Å². The van der Waals surface area contributed by atoms with Crippen molar-refractivity contribution in [1.82, 2.24) is 0 Å². The van der Waals surface area contributed by atoms with Gasteiger partial charge < -0.3 is 24.1 Å². The highest BCUT2D eigenvalue weighted by molar-refractivity contribution is 7.86. The minimum Gasteiger partial charge on any atom is -0.394 e. The van der Waals surface area contributed by atoms with Gasteiger partial charge in [0.05, 0.1) is 44.5 Å². The molecule has 1 N–H and O–H groups in total. The van der Waals surface area contributed by atoms with Gasteiger partial charge >= 0.3 is 0 Å². The van der Waals surface area contributed by atoms with Crippen LogP contribution in [0.2, 0.25) is 0 Å². The van der Waals surface area contributed by atoms with E-state index in [1.54, 1.807) is 24.3 Å². The van der Waals surface area contributed by atoms with Gasteiger partial charge in [-0.3, -0.25) is 4.18 Å². The van der Waals surface area contributed by atoms with Crippen LogP contribution in [0, 0.1) is 6.92 Å². The van der Waals surface area contributed by atoms with E-state index in [0.717, 1.165) is 42.6 Å². The van der Waals surface area contributed by atoms with Crippen LogP contribution >= 0.6 is 0 Å². The SMILES string of the molecule is CCCCCCCCCCCCCCCCOC[C@H](CO)OCc1ccccc1.CCCCCCCCCCCCCCCCOC[C@H](COS(=O)(=O)c1ccc(C)cc1)OCc1ccccc1. The molecule has 2 atom stereocenters. The molecule has 0 amide bonds. The maximum atomic E-state index is 12.6. The highest BCUT2D eigenvalue weighted by Gasteiger charge is 2.20. The van der Waals surface area contributed by atoms with Gasteiger partial charge in [-0.25, -0.2) is 0 Å². The molecule has 388 valence electrons. The molecule has 8 nitrogen and oxygen atoms in total. The Morgan fingerprint density at radius 3 is 1.13 bits per heavy atom. The highest BCUT2D eigenvalue weighted by atomic mass is 32.2. The van der Waals surface area contributed by atoms with Crippen LogP contribution in [0.3, 0.4) is 0 Å². The molecule has 3 rings (SSSR count). The second-order valence-electron chi connectivity index (χ2n) is 18.9. The van der Waals surface area contributed by atoms with E-state index in [1.807, 2.05) is 67.6 Å². The topological polar surface area (TPSA) is 101 Å². The molecule has 0 unspecified atom stereocenters. The molecule has 0 bridgehead atoms. The molecule has 0 aromatic heterocycles. The van der Waals surface area contributed by atoms with Gasteiger partial charge in [0.25, 0.3) is 10.1 Å². The molecule has 0 fully saturated rings. The molecule has 3 aromatic rings. The summed E-state index contributed by atoms with van der Waals surface area (Å²) in [5.41, 5.74) is 3.14. The Bertz CT molecular complexity index is 1600. The van der Waals surface area contributed by atoms with E-state index in [2.05, 4.69) is 13.8 Å². The van der Waals surface area contributed by atoms with E-state index in [-0.39, 0.29) is 24.2 Å². The Balaban J connectivity index is 0.000000488. The van der Waals surface area contributed by atoms with Crippen LogP contribution in [0.4, 0.5) is 0 Å². The molecular weight excluding hydrogens is 869 g/mol. The summed E-state index contributed by atoms with van der Waals surface area (Å²) in [6.07, 6.45) is 37.0. The zero-order valence-electron chi connectivity index (χ0n) is 43.4. The lowest BCUT2D eigenvalue weighted by molar-refractivity contribution is -0.0502. The molecule has 0 saturated heterocycles. The van der Waals surface area contributed by atoms with Gasteiger partial charge in [-0.05, 0) is 43.0 Å². The fourth-order valence-electron chi connectivity index (χ4n) is 8.04. The van der Waals surface area contributed by atoms with Crippen LogP contribution in [-0.2, 0) is 46.5 Å². The van der Waals surface area contributed by atoms with Crippen LogP contribution in [0.15, 0.2) is 89.8 Å². The van der Waals surface area contributed by atoms with Crippen molar-refractivity contribution >= 4 is 10.1 Å². The fraction of sp³-hybridized carbons (Fsp3) is 0.695. The van der Waals surface area contributed by atoms with E-state index < -0.39 is 16.2 Å². The average Bonchev–Trinajstić information content (AvgIpc) is 3.36. The second-order valence-corrected chi connectivity index (χ2v) is 20.5. The number of aliphatic hydroxyl groups is 1. The Kier molecular flexibility index (Phi) is 40.1. The Morgan fingerprint density at radius 2 is 0.765 bits per heavy atom. The third-order valence-corrected chi connectivity index (χ3v) is 13.8. The lowest BCUT2D eigenvalue weighted by Crippen LogP contribution is -2.27. The molecule has 68 heavy (non-hydrogen) atoms. The number of ether oxygens (including phenoxy) is 4. The zero-order valence-corrected chi connectivity index (χ0v) is 44.2. The summed E-state index contributed by atoms with van der Waals surface area (Å²) in [5, 5.41) is 9.42. The minimum absolute atomic E-state index is 0.00553. The largest absolute Gasteiger partial charge is 0.394 e. The molecule has 0 aliphatic rings. The molecule has 0 saturated carbocycles. The highest BCUT2D eigenvalue weighted by Crippen LogP contribution is 2.17. The molecule has 0 heterocycles. The minimum atomic E-state index is -3.85. The van der Waals surface area contributed by atoms with Crippen molar-refractivity contribution in [3.8, 4) is 0 Å². The average molecular weight is 967 g/mol. The lowest BCUT2D eigenvalue weighted by atomic mass is 10.0. The van der Waals surface area contributed by atoms with Gasteiger partial charge in [-0.15, -0.1) is 0 Å². The van der Waals surface area contributed by atoms with E-state index in [9.17, 15) is 13.5 Å². The van der Waals surface area contributed by atoms with Crippen molar-refractivity contribution in [1.29, 1.82) is 0 Å². The first-order chi connectivity index (χ1) is 33.4. The van der Waals surface area contributed by atoms with Crippen molar-refractivity contribution in [3.05, 3.63) is 102 Å². The molecule has 9 heteroatoms. The number of aliphatic hydroxyl groups excluding tert-OH is 1. The second kappa shape index (κ2) is 44.3. The number of benzene rings is 3. The smallest absolute Gasteiger partial charge is 0.297 e. The summed E-state index contributed by atoms with van der Waals surface area (Å²) in [5.74, 6) is 0. The quantitative estimate of drug-likeness (QED) is 0.0442. The first kappa shape index (κ1) is 61.5. The molecule has 0 aliphatic carbocycles. The molecule has 0 radical (unpaired) electrons. The van der Waals surface area contributed by atoms with Gasteiger partial charge in [0, 0.05) is 13.2 Å². The number of hydrogen-bond donors (Lipinski definition) is 1. The van der Waals surface area contributed by atoms with Gasteiger partial charge in [0.15, 0.2) is 0 Å². The maximum absolute atomic E-state index is 12.6. The van der Waals surface area contributed by atoms with Gasteiger partial charge in [-0.2, -0.15) is 8.42 Å². The van der Waals surface area contributed by atoms with Crippen molar-refractivity contribution in [2.45, 2.75) is 231 Å². The van der Waals surface area contributed by atoms with Gasteiger partial charge in [0.2, 0.25) is 0 Å². The molecule has 3 aromatic carbocycles. The third-order valence-electron chi connectivity index (χ3n) is 12.5. The number of unbranched alkanes of at least 4 members (excludes halogenated alkanes) is 26. The molecular formula is C59H98O8S. The molecule has 0 spiro atoms. The number of aryl methyl sites for hydroxylation is 1. The van der Waals surface area contributed by atoms with E-state index in [1.165, 1.54) is 161 Å². The van der Waals surface area contributed by atoms with Crippen molar-refractivity contribution < 1.29 is 36.7 Å². The van der Waals surface area contributed by atoms with E-state index in [0.29, 0.717) is 33.0 Å². The predicted molar refractivity (Wildman–Crippen MR) is 284 cm³/mol. The van der Waals surface area contributed by atoms with Crippen LogP contribution in [-0.4, -0.2) is 65.4 Å². The Labute approximate surface area is 417 Å². The molecule has 0 aliphatic heterocycles. The normalized spacial score (nSPS) is 12.5. The number of hydrogen-bond acceptors (Lipinski definition) is 8. The van der Waals surface area contributed by atoms with Gasteiger partial charge in [0.1, 0.15) is 12.2 Å². The fourth-order valence-corrected chi connectivity index (χ4v) is 8.98. The summed E-state index contributed by atoms with van der Waals surface area (Å²) in [6, 6.07) is 26.5. The summed E-state index contributed by atoms with van der Waals surface area (Å²) in [4.78, 5) is 0.151. The van der Waals surface area contributed by atoms with Gasteiger partial charge in [-0.1, -0.05) is 259 Å².